The number of primary amides is 1. The Labute approximate surface area is 108 Å². The van der Waals surface area contributed by atoms with E-state index in [1.807, 2.05) is 21.1 Å². The molecule has 1 unspecified atom stereocenters. The number of hydrogen-bond donors (Lipinski definition) is 2. The highest BCUT2D eigenvalue weighted by Gasteiger charge is 2.21. The third-order valence-corrected chi connectivity index (χ3v) is 2.60. The SMILES string of the molecule is C=CC(N)=O.CCOP(=O)(O)OCC[N+](C)(C)C. The molecule has 108 valence electrons. The molecule has 0 fully saturated rings. The molecule has 0 aliphatic carbocycles. The Morgan fingerprint density at radius 2 is 1.89 bits per heavy atom. The molecule has 18 heavy (non-hydrogen) atoms. The molecule has 0 saturated carbocycles. The molecule has 0 rings (SSSR count). The molecule has 0 saturated heterocycles. The van der Waals surface area contributed by atoms with Crippen molar-refractivity contribution in [2.24, 2.45) is 5.73 Å². The van der Waals surface area contributed by atoms with Crippen molar-refractivity contribution in [1.29, 1.82) is 0 Å². The number of carbonyl (C=O) groups excluding carboxylic acids is 1. The fourth-order valence-corrected chi connectivity index (χ4v) is 1.34. The Bertz CT molecular complexity index is 301. The topological polar surface area (TPSA) is 98.9 Å². The van der Waals surface area contributed by atoms with Gasteiger partial charge in [-0.15, -0.1) is 0 Å². The highest BCUT2D eigenvalue weighted by atomic mass is 31.2. The number of nitrogens with two attached hydrogens (primary N) is 1. The Kier molecular flexibility index (Phi) is 10.1. The number of phosphoric acid groups is 1. The summed E-state index contributed by atoms with van der Waals surface area (Å²) in [5, 5.41) is 0. The number of rotatable bonds is 7. The van der Waals surface area contributed by atoms with E-state index in [0.29, 0.717) is 11.0 Å². The van der Waals surface area contributed by atoms with E-state index >= 15 is 0 Å². The van der Waals surface area contributed by atoms with Crippen molar-refractivity contribution in [3.63, 3.8) is 0 Å². The molecule has 0 aromatic rings. The molecule has 0 bridgehead atoms. The van der Waals surface area contributed by atoms with E-state index < -0.39 is 13.7 Å². The highest BCUT2D eigenvalue weighted by molar-refractivity contribution is 7.47. The largest absolute Gasteiger partial charge is 0.472 e. The lowest BCUT2D eigenvalue weighted by atomic mass is 10.5. The van der Waals surface area contributed by atoms with Crippen molar-refractivity contribution in [1.82, 2.24) is 0 Å². The second kappa shape index (κ2) is 9.24. The van der Waals surface area contributed by atoms with Crippen LogP contribution in [0, 0.1) is 0 Å². The molecule has 0 aliphatic heterocycles. The first-order valence-corrected chi connectivity index (χ1v) is 6.88. The minimum Gasteiger partial charge on any atom is -0.366 e. The predicted octanol–water partition coefficient (Wildman–Crippen LogP) is 0.504. The zero-order valence-electron chi connectivity index (χ0n) is 11.5. The van der Waals surface area contributed by atoms with E-state index in [1.54, 1.807) is 6.92 Å². The van der Waals surface area contributed by atoms with Crippen LogP contribution in [0.3, 0.4) is 0 Å². The molecule has 0 aromatic heterocycles. The lowest BCUT2D eigenvalue weighted by Gasteiger charge is -2.23. The summed E-state index contributed by atoms with van der Waals surface area (Å²) in [6.45, 7) is 5.79. The Morgan fingerprint density at radius 1 is 1.44 bits per heavy atom. The molecule has 0 spiro atoms. The van der Waals surface area contributed by atoms with Crippen molar-refractivity contribution < 1.29 is 27.8 Å². The number of carbonyl (C=O) groups is 1. The van der Waals surface area contributed by atoms with E-state index in [0.717, 1.165) is 6.08 Å². The Morgan fingerprint density at radius 3 is 2.17 bits per heavy atom. The molecule has 0 aliphatic rings. The average Bonchev–Trinajstić information content (AvgIpc) is 2.15. The van der Waals surface area contributed by atoms with Gasteiger partial charge in [0.1, 0.15) is 13.2 Å². The number of nitrogens with zero attached hydrogens (tertiary/aromatic N) is 1. The minimum atomic E-state index is -3.79. The summed E-state index contributed by atoms with van der Waals surface area (Å²) in [6, 6.07) is 0. The van der Waals surface area contributed by atoms with Crippen LogP contribution in [0.5, 0.6) is 0 Å². The maximum Gasteiger partial charge on any atom is 0.472 e. The number of amides is 1. The molecule has 1 atom stereocenters. The van der Waals surface area contributed by atoms with Crippen LogP contribution >= 0.6 is 7.82 Å². The predicted molar refractivity (Wildman–Crippen MR) is 69.7 cm³/mol. The molecule has 1 amide bonds. The average molecular weight is 283 g/mol. The maximum atomic E-state index is 11.0. The van der Waals surface area contributed by atoms with Gasteiger partial charge in [-0.25, -0.2) is 4.57 Å². The molecule has 0 radical (unpaired) electrons. The fraction of sp³-hybridized carbons (Fsp3) is 0.700. The molecule has 3 N–H and O–H groups in total. The third kappa shape index (κ3) is 17.7. The zero-order chi connectivity index (χ0) is 14.8. The van der Waals surface area contributed by atoms with Crippen molar-refractivity contribution in [3.05, 3.63) is 12.7 Å². The van der Waals surface area contributed by atoms with Gasteiger partial charge >= 0.3 is 7.82 Å². The van der Waals surface area contributed by atoms with E-state index in [2.05, 4.69) is 16.8 Å². The summed E-state index contributed by atoms with van der Waals surface area (Å²) in [5.41, 5.74) is 4.53. The summed E-state index contributed by atoms with van der Waals surface area (Å²) in [4.78, 5) is 18.5. The van der Waals surface area contributed by atoms with Gasteiger partial charge in [0.25, 0.3) is 0 Å². The van der Waals surface area contributed by atoms with Gasteiger partial charge in [0, 0.05) is 0 Å². The summed E-state index contributed by atoms with van der Waals surface area (Å²) >= 11 is 0. The number of phosphoric ester groups is 1. The van der Waals surface area contributed by atoms with Gasteiger partial charge in [0.05, 0.1) is 27.7 Å². The van der Waals surface area contributed by atoms with Crippen molar-refractivity contribution >= 4 is 13.7 Å². The van der Waals surface area contributed by atoms with E-state index in [-0.39, 0.29) is 13.2 Å². The zero-order valence-corrected chi connectivity index (χ0v) is 12.4. The van der Waals surface area contributed by atoms with Crippen molar-refractivity contribution in [3.8, 4) is 0 Å². The normalized spacial score (nSPS) is 14.1. The highest BCUT2D eigenvalue weighted by Crippen LogP contribution is 2.42. The quantitative estimate of drug-likeness (QED) is 0.403. The lowest BCUT2D eigenvalue weighted by molar-refractivity contribution is -0.870. The number of hydrogen-bond acceptors (Lipinski definition) is 4. The van der Waals surface area contributed by atoms with Crippen LogP contribution in [-0.2, 0) is 18.4 Å². The first-order chi connectivity index (χ1) is 8.04. The number of likely N-dealkylation sites (N-methyl/N-ethyl adjacent to an activating group) is 1. The molecular formula is C10H24N2O5P+. The standard InChI is InChI=1S/C7H18NO4P.C3H5NO/c1-5-11-13(9,10)12-7-6-8(2,3)4;1-2-3(4)5/h5-7H2,1-4H3;2H,1H2,(H2,4,5)/p+1. The van der Waals surface area contributed by atoms with Crippen molar-refractivity contribution in [2.75, 3.05) is 40.9 Å². The first kappa shape index (κ1) is 19.6. The van der Waals surface area contributed by atoms with Crippen LogP contribution in [-0.4, -0.2) is 56.2 Å². The van der Waals surface area contributed by atoms with Crippen LogP contribution < -0.4 is 5.73 Å². The molecule has 0 aromatic carbocycles. The van der Waals surface area contributed by atoms with E-state index in [1.165, 1.54) is 0 Å². The molecule has 8 heteroatoms. The van der Waals surface area contributed by atoms with Gasteiger partial charge in [-0.1, -0.05) is 6.58 Å². The minimum absolute atomic E-state index is 0.179. The van der Waals surface area contributed by atoms with E-state index in [9.17, 15) is 9.36 Å². The molecular weight excluding hydrogens is 259 g/mol. The van der Waals surface area contributed by atoms with Gasteiger partial charge < -0.3 is 15.1 Å². The maximum absolute atomic E-state index is 11.0. The van der Waals surface area contributed by atoms with Crippen LogP contribution in [0.2, 0.25) is 0 Å². The molecule has 0 heterocycles. The third-order valence-electron chi connectivity index (χ3n) is 1.51. The van der Waals surface area contributed by atoms with Gasteiger partial charge in [0.2, 0.25) is 5.91 Å². The van der Waals surface area contributed by atoms with Gasteiger partial charge in [0.15, 0.2) is 0 Å². The summed E-state index contributed by atoms with van der Waals surface area (Å²) < 4.78 is 20.9. The fourth-order valence-electron chi connectivity index (χ4n) is 0.630. The number of quaternary nitrogens is 1. The van der Waals surface area contributed by atoms with Crippen LogP contribution in [0.4, 0.5) is 0 Å². The molecule has 7 nitrogen and oxygen atoms in total. The second-order valence-electron chi connectivity index (χ2n) is 4.34. The Hall–Kier alpha value is -0.720. The van der Waals surface area contributed by atoms with Gasteiger partial charge in [-0.2, -0.15) is 0 Å². The summed E-state index contributed by atoms with van der Waals surface area (Å²) in [5.74, 6) is -0.481. The van der Waals surface area contributed by atoms with Gasteiger partial charge in [-0.3, -0.25) is 13.8 Å². The van der Waals surface area contributed by atoms with Gasteiger partial charge in [-0.05, 0) is 13.0 Å². The Balaban J connectivity index is 0. The van der Waals surface area contributed by atoms with Crippen LogP contribution in [0.15, 0.2) is 12.7 Å². The first-order valence-electron chi connectivity index (χ1n) is 5.38. The van der Waals surface area contributed by atoms with Crippen LogP contribution in [0.1, 0.15) is 6.92 Å². The summed E-state index contributed by atoms with van der Waals surface area (Å²) in [7, 11) is 2.15. The lowest BCUT2D eigenvalue weighted by Crippen LogP contribution is -2.37. The van der Waals surface area contributed by atoms with Crippen LogP contribution in [0.25, 0.3) is 0 Å². The monoisotopic (exact) mass is 283 g/mol. The summed E-state index contributed by atoms with van der Waals surface area (Å²) in [6.07, 6.45) is 1.06. The van der Waals surface area contributed by atoms with Crippen molar-refractivity contribution in [2.45, 2.75) is 6.92 Å². The van der Waals surface area contributed by atoms with E-state index in [4.69, 9.17) is 9.42 Å². The smallest absolute Gasteiger partial charge is 0.366 e. The second-order valence-corrected chi connectivity index (χ2v) is 5.79.